The van der Waals surface area contributed by atoms with Gasteiger partial charge in [-0.1, -0.05) is 13.3 Å². The average molecular weight is 214 g/mol. The van der Waals surface area contributed by atoms with E-state index in [0.717, 1.165) is 30.0 Å². The van der Waals surface area contributed by atoms with Crippen molar-refractivity contribution >= 4 is 11.3 Å². The number of methoxy groups -OCH3 is 1. The highest BCUT2D eigenvalue weighted by molar-refractivity contribution is 7.09. The van der Waals surface area contributed by atoms with Crippen LogP contribution < -0.4 is 5.73 Å². The lowest BCUT2D eigenvalue weighted by molar-refractivity contribution is 0.0946. The summed E-state index contributed by atoms with van der Waals surface area (Å²) in [5, 5.41) is 3.15. The van der Waals surface area contributed by atoms with E-state index in [4.69, 9.17) is 10.5 Å². The second-order valence-corrected chi connectivity index (χ2v) is 4.12. The summed E-state index contributed by atoms with van der Waals surface area (Å²) in [7, 11) is 1.74. The summed E-state index contributed by atoms with van der Waals surface area (Å²) in [6, 6.07) is 0. The molecular weight excluding hydrogens is 196 g/mol. The standard InChI is InChI=1S/C10H18N2OS/c1-3-4-9(13-2)10-12-8(5-6-11)7-14-10/h7,9H,3-6,11H2,1-2H3. The molecule has 0 amide bonds. The van der Waals surface area contributed by atoms with Gasteiger partial charge in [-0.05, 0) is 13.0 Å². The molecule has 0 saturated carbocycles. The molecular formula is C10H18N2OS. The largest absolute Gasteiger partial charge is 0.374 e. The van der Waals surface area contributed by atoms with Crippen LogP contribution in [0.15, 0.2) is 5.38 Å². The van der Waals surface area contributed by atoms with Crippen LogP contribution in [0.2, 0.25) is 0 Å². The van der Waals surface area contributed by atoms with Crippen molar-refractivity contribution in [1.29, 1.82) is 0 Å². The number of nitrogens with two attached hydrogens (primary N) is 1. The maximum Gasteiger partial charge on any atom is 0.122 e. The number of thiazole rings is 1. The summed E-state index contributed by atoms with van der Waals surface area (Å²) < 4.78 is 5.38. The summed E-state index contributed by atoms with van der Waals surface area (Å²) in [5.41, 5.74) is 6.56. The third-order valence-corrected chi connectivity index (χ3v) is 3.07. The molecule has 80 valence electrons. The zero-order valence-electron chi connectivity index (χ0n) is 8.82. The predicted molar refractivity (Wildman–Crippen MR) is 59.5 cm³/mol. The second kappa shape index (κ2) is 6.11. The first kappa shape index (κ1) is 11.6. The molecule has 0 saturated heterocycles. The predicted octanol–water partition coefficient (Wildman–Crippen LogP) is 2.13. The van der Waals surface area contributed by atoms with Crippen LogP contribution in [0.5, 0.6) is 0 Å². The average Bonchev–Trinajstić information content (AvgIpc) is 2.63. The quantitative estimate of drug-likeness (QED) is 0.789. The molecule has 1 rings (SSSR count). The monoisotopic (exact) mass is 214 g/mol. The maximum atomic E-state index is 5.47. The smallest absolute Gasteiger partial charge is 0.122 e. The topological polar surface area (TPSA) is 48.1 Å². The second-order valence-electron chi connectivity index (χ2n) is 3.23. The number of aromatic nitrogens is 1. The van der Waals surface area contributed by atoms with Gasteiger partial charge in [0.25, 0.3) is 0 Å². The Morgan fingerprint density at radius 2 is 2.43 bits per heavy atom. The highest BCUT2D eigenvalue weighted by Gasteiger charge is 2.13. The van der Waals surface area contributed by atoms with Gasteiger partial charge in [-0.3, -0.25) is 0 Å². The molecule has 0 aliphatic carbocycles. The Morgan fingerprint density at radius 3 is 3.00 bits per heavy atom. The number of hydrogen-bond acceptors (Lipinski definition) is 4. The first-order valence-electron chi connectivity index (χ1n) is 4.99. The Labute approximate surface area is 89.3 Å². The molecule has 0 aliphatic heterocycles. The van der Waals surface area contributed by atoms with Crippen molar-refractivity contribution in [3.05, 3.63) is 16.1 Å². The fraction of sp³-hybridized carbons (Fsp3) is 0.700. The molecule has 0 fully saturated rings. The van der Waals surface area contributed by atoms with Gasteiger partial charge >= 0.3 is 0 Å². The van der Waals surface area contributed by atoms with E-state index in [1.54, 1.807) is 18.4 Å². The van der Waals surface area contributed by atoms with E-state index < -0.39 is 0 Å². The molecule has 1 atom stereocenters. The summed E-state index contributed by atoms with van der Waals surface area (Å²) in [6.07, 6.45) is 3.17. The molecule has 0 aromatic carbocycles. The minimum absolute atomic E-state index is 0.163. The van der Waals surface area contributed by atoms with Crippen molar-refractivity contribution in [3.8, 4) is 0 Å². The molecule has 14 heavy (non-hydrogen) atoms. The van der Waals surface area contributed by atoms with Crippen LogP contribution >= 0.6 is 11.3 Å². The van der Waals surface area contributed by atoms with Gasteiger partial charge in [0.2, 0.25) is 0 Å². The number of ether oxygens (including phenoxy) is 1. The fourth-order valence-electron chi connectivity index (χ4n) is 1.34. The molecule has 1 aromatic heterocycles. The Morgan fingerprint density at radius 1 is 1.64 bits per heavy atom. The van der Waals surface area contributed by atoms with Crippen molar-refractivity contribution in [2.45, 2.75) is 32.3 Å². The van der Waals surface area contributed by atoms with Gasteiger partial charge in [0.1, 0.15) is 11.1 Å². The highest BCUT2D eigenvalue weighted by atomic mass is 32.1. The van der Waals surface area contributed by atoms with Gasteiger partial charge in [-0.15, -0.1) is 11.3 Å². The molecule has 0 spiro atoms. The summed E-state index contributed by atoms with van der Waals surface area (Å²) in [5.74, 6) is 0. The summed E-state index contributed by atoms with van der Waals surface area (Å²) in [6.45, 7) is 2.81. The summed E-state index contributed by atoms with van der Waals surface area (Å²) in [4.78, 5) is 4.50. The van der Waals surface area contributed by atoms with E-state index in [1.165, 1.54) is 0 Å². The number of nitrogens with zero attached hydrogens (tertiary/aromatic N) is 1. The van der Waals surface area contributed by atoms with Crippen molar-refractivity contribution in [2.75, 3.05) is 13.7 Å². The molecule has 4 heteroatoms. The van der Waals surface area contributed by atoms with E-state index in [2.05, 4.69) is 17.3 Å². The van der Waals surface area contributed by atoms with Gasteiger partial charge in [0.05, 0.1) is 5.69 Å². The van der Waals surface area contributed by atoms with Crippen molar-refractivity contribution < 1.29 is 4.74 Å². The maximum absolute atomic E-state index is 5.47. The molecule has 1 aromatic rings. The molecule has 1 unspecified atom stereocenters. The lowest BCUT2D eigenvalue weighted by Crippen LogP contribution is -2.04. The van der Waals surface area contributed by atoms with Gasteiger partial charge in [-0.2, -0.15) is 0 Å². The lowest BCUT2D eigenvalue weighted by atomic mass is 10.2. The van der Waals surface area contributed by atoms with Crippen LogP contribution in [-0.2, 0) is 11.2 Å². The van der Waals surface area contributed by atoms with E-state index in [1.807, 2.05) is 0 Å². The van der Waals surface area contributed by atoms with E-state index in [-0.39, 0.29) is 6.10 Å². The van der Waals surface area contributed by atoms with Crippen LogP contribution in [0.3, 0.4) is 0 Å². The van der Waals surface area contributed by atoms with Gasteiger partial charge in [0, 0.05) is 18.9 Å². The van der Waals surface area contributed by atoms with Crippen LogP contribution in [0.25, 0.3) is 0 Å². The van der Waals surface area contributed by atoms with E-state index in [9.17, 15) is 0 Å². The van der Waals surface area contributed by atoms with Gasteiger partial charge < -0.3 is 10.5 Å². The Hall–Kier alpha value is -0.450. The Balaban J connectivity index is 2.63. The minimum atomic E-state index is 0.163. The first-order valence-corrected chi connectivity index (χ1v) is 5.87. The lowest BCUT2D eigenvalue weighted by Gasteiger charge is -2.10. The van der Waals surface area contributed by atoms with Crippen molar-refractivity contribution in [1.82, 2.24) is 4.98 Å². The normalized spacial score (nSPS) is 13.1. The van der Waals surface area contributed by atoms with Crippen LogP contribution in [0.1, 0.15) is 36.6 Å². The molecule has 0 aliphatic rings. The molecule has 0 bridgehead atoms. The fourth-order valence-corrected chi connectivity index (χ4v) is 2.30. The van der Waals surface area contributed by atoms with E-state index in [0.29, 0.717) is 6.54 Å². The molecule has 0 radical (unpaired) electrons. The zero-order chi connectivity index (χ0) is 10.4. The number of hydrogen-bond donors (Lipinski definition) is 1. The number of rotatable bonds is 6. The van der Waals surface area contributed by atoms with Crippen LogP contribution in [0, 0.1) is 0 Å². The van der Waals surface area contributed by atoms with Crippen LogP contribution in [0.4, 0.5) is 0 Å². The Kier molecular flexibility index (Phi) is 5.07. The van der Waals surface area contributed by atoms with E-state index >= 15 is 0 Å². The SMILES string of the molecule is CCCC(OC)c1nc(CCN)cs1. The highest BCUT2D eigenvalue weighted by Crippen LogP contribution is 2.25. The molecule has 1 heterocycles. The van der Waals surface area contributed by atoms with Crippen molar-refractivity contribution in [3.63, 3.8) is 0 Å². The van der Waals surface area contributed by atoms with Crippen LogP contribution in [-0.4, -0.2) is 18.6 Å². The zero-order valence-corrected chi connectivity index (χ0v) is 9.64. The molecule has 3 nitrogen and oxygen atoms in total. The van der Waals surface area contributed by atoms with Crippen molar-refractivity contribution in [2.24, 2.45) is 5.73 Å². The molecule has 2 N–H and O–H groups in total. The minimum Gasteiger partial charge on any atom is -0.374 e. The summed E-state index contributed by atoms with van der Waals surface area (Å²) >= 11 is 1.67. The third kappa shape index (κ3) is 3.04. The Bertz CT molecular complexity index is 262. The van der Waals surface area contributed by atoms with Gasteiger partial charge in [0.15, 0.2) is 0 Å². The van der Waals surface area contributed by atoms with Gasteiger partial charge in [-0.25, -0.2) is 4.98 Å². The first-order chi connectivity index (χ1) is 6.81. The third-order valence-electron chi connectivity index (χ3n) is 2.08.